The topological polar surface area (TPSA) is 81.1 Å². The molecule has 0 saturated heterocycles. The van der Waals surface area contributed by atoms with Crippen LogP contribution in [0.4, 0.5) is 5.69 Å². The number of primary amides is 1. The first kappa shape index (κ1) is 11.0. The van der Waals surface area contributed by atoms with Crippen LogP contribution in [0.5, 0.6) is 0 Å². The molecule has 0 aromatic heterocycles. The van der Waals surface area contributed by atoms with Crippen LogP contribution in [-0.2, 0) is 0 Å². The van der Waals surface area contributed by atoms with Gasteiger partial charge in [0.1, 0.15) is 0 Å². The number of aryl methyl sites for hydroxylation is 1. The minimum absolute atomic E-state index is 0.291. The Morgan fingerprint density at radius 3 is 2.69 bits per heavy atom. The molecule has 0 aliphatic heterocycles. The van der Waals surface area contributed by atoms with Crippen molar-refractivity contribution in [2.75, 3.05) is 5.32 Å². The highest BCUT2D eigenvalue weighted by Crippen LogP contribution is 2.25. The van der Waals surface area contributed by atoms with Gasteiger partial charge >= 0.3 is 0 Å². The van der Waals surface area contributed by atoms with Gasteiger partial charge < -0.3 is 16.8 Å². The first-order valence-electron chi connectivity index (χ1n) is 5.49. The van der Waals surface area contributed by atoms with Crippen LogP contribution in [0.2, 0.25) is 0 Å². The third-order valence-electron chi connectivity index (χ3n) is 2.97. The van der Waals surface area contributed by atoms with E-state index in [1.165, 1.54) is 0 Å². The molecule has 1 aliphatic carbocycles. The molecule has 4 heteroatoms. The van der Waals surface area contributed by atoms with Crippen molar-refractivity contribution >= 4 is 11.6 Å². The van der Waals surface area contributed by atoms with Crippen LogP contribution >= 0.6 is 0 Å². The van der Waals surface area contributed by atoms with Crippen LogP contribution in [0.15, 0.2) is 18.2 Å². The molecule has 0 radical (unpaired) electrons. The molecule has 1 aromatic carbocycles. The van der Waals surface area contributed by atoms with Gasteiger partial charge in [-0.25, -0.2) is 0 Å². The Balaban J connectivity index is 2.17. The lowest BCUT2D eigenvalue weighted by Crippen LogP contribution is -2.44. The maximum Gasteiger partial charge on any atom is 0.250 e. The summed E-state index contributed by atoms with van der Waals surface area (Å²) in [5, 5.41) is 3.32. The van der Waals surface area contributed by atoms with Crippen molar-refractivity contribution < 1.29 is 4.79 Å². The Morgan fingerprint density at radius 1 is 1.44 bits per heavy atom. The zero-order valence-electron chi connectivity index (χ0n) is 9.36. The fourth-order valence-corrected chi connectivity index (χ4v) is 1.99. The number of nitrogens with two attached hydrogens (primary N) is 2. The van der Waals surface area contributed by atoms with E-state index in [-0.39, 0.29) is 0 Å². The summed E-state index contributed by atoms with van der Waals surface area (Å²) in [5.41, 5.74) is 13.5. The maximum atomic E-state index is 11.2. The predicted molar refractivity (Wildman–Crippen MR) is 64.3 cm³/mol. The number of anilines is 1. The number of hydrogen-bond donors (Lipinski definition) is 3. The molecule has 1 fully saturated rings. The second kappa shape index (κ2) is 4.14. The Morgan fingerprint density at radius 2 is 2.12 bits per heavy atom. The molecular formula is C12H17N3O. The SMILES string of the molecule is Cc1ccc(C(N)=O)c(NC2CC(N)C2)c1. The van der Waals surface area contributed by atoms with Gasteiger partial charge in [-0.2, -0.15) is 0 Å². The number of amides is 1. The van der Waals surface area contributed by atoms with Crippen LogP contribution < -0.4 is 16.8 Å². The fraction of sp³-hybridized carbons (Fsp3) is 0.417. The largest absolute Gasteiger partial charge is 0.382 e. The van der Waals surface area contributed by atoms with Crippen molar-refractivity contribution in [3.05, 3.63) is 29.3 Å². The molecule has 1 amide bonds. The van der Waals surface area contributed by atoms with E-state index in [1.807, 2.05) is 19.1 Å². The number of carbonyl (C=O) groups is 1. The van der Waals surface area contributed by atoms with Crippen LogP contribution in [0.1, 0.15) is 28.8 Å². The highest BCUT2D eigenvalue weighted by atomic mass is 16.1. The van der Waals surface area contributed by atoms with Gasteiger partial charge in [-0.3, -0.25) is 4.79 Å². The summed E-state index contributed by atoms with van der Waals surface area (Å²) in [7, 11) is 0. The van der Waals surface area contributed by atoms with Gasteiger partial charge in [0.15, 0.2) is 0 Å². The van der Waals surface area contributed by atoms with Gasteiger partial charge in [0.2, 0.25) is 0 Å². The summed E-state index contributed by atoms with van der Waals surface area (Å²) < 4.78 is 0. The van der Waals surface area contributed by atoms with Gasteiger partial charge in [-0.1, -0.05) is 6.07 Å². The van der Waals surface area contributed by atoms with Gasteiger partial charge in [0.05, 0.1) is 5.56 Å². The summed E-state index contributed by atoms with van der Waals surface area (Å²) in [5.74, 6) is -0.397. The molecule has 1 aromatic rings. The quantitative estimate of drug-likeness (QED) is 0.709. The maximum absolute atomic E-state index is 11.2. The number of benzene rings is 1. The highest BCUT2D eigenvalue weighted by molar-refractivity contribution is 5.98. The first-order valence-corrected chi connectivity index (χ1v) is 5.49. The van der Waals surface area contributed by atoms with E-state index in [1.54, 1.807) is 6.07 Å². The molecule has 16 heavy (non-hydrogen) atoms. The number of rotatable bonds is 3. The lowest BCUT2D eigenvalue weighted by Gasteiger charge is -2.34. The second-order valence-electron chi connectivity index (χ2n) is 4.49. The fourth-order valence-electron chi connectivity index (χ4n) is 1.99. The molecule has 5 N–H and O–H groups in total. The average Bonchev–Trinajstić information content (AvgIpc) is 2.15. The van der Waals surface area contributed by atoms with E-state index in [0.29, 0.717) is 17.6 Å². The zero-order valence-corrected chi connectivity index (χ0v) is 9.36. The molecule has 0 unspecified atom stereocenters. The van der Waals surface area contributed by atoms with E-state index in [9.17, 15) is 4.79 Å². The third-order valence-corrected chi connectivity index (χ3v) is 2.97. The lowest BCUT2D eigenvalue weighted by atomic mass is 9.87. The van der Waals surface area contributed by atoms with Gasteiger partial charge in [0, 0.05) is 17.8 Å². The van der Waals surface area contributed by atoms with E-state index < -0.39 is 5.91 Å². The Labute approximate surface area is 95.0 Å². The highest BCUT2D eigenvalue weighted by Gasteiger charge is 2.26. The van der Waals surface area contributed by atoms with E-state index in [4.69, 9.17) is 11.5 Å². The molecule has 2 rings (SSSR count). The molecule has 0 spiro atoms. The van der Waals surface area contributed by atoms with Crippen LogP contribution in [-0.4, -0.2) is 18.0 Å². The summed E-state index contributed by atoms with van der Waals surface area (Å²) in [6.45, 7) is 1.99. The summed E-state index contributed by atoms with van der Waals surface area (Å²) in [4.78, 5) is 11.2. The third kappa shape index (κ3) is 2.17. The smallest absolute Gasteiger partial charge is 0.250 e. The monoisotopic (exact) mass is 219 g/mol. The molecule has 4 nitrogen and oxygen atoms in total. The second-order valence-corrected chi connectivity index (χ2v) is 4.49. The van der Waals surface area contributed by atoms with Crippen molar-refractivity contribution in [1.29, 1.82) is 0 Å². The van der Waals surface area contributed by atoms with Crippen LogP contribution in [0.3, 0.4) is 0 Å². The normalized spacial score (nSPS) is 23.6. The van der Waals surface area contributed by atoms with Crippen molar-refractivity contribution in [3.63, 3.8) is 0 Å². The standard InChI is InChI=1S/C12H17N3O/c1-7-2-3-10(12(14)16)11(4-7)15-9-5-8(13)6-9/h2-4,8-9,15H,5-6,13H2,1H3,(H2,14,16). The molecule has 86 valence electrons. The minimum atomic E-state index is -0.397. The molecule has 0 heterocycles. The van der Waals surface area contributed by atoms with Gasteiger partial charge in [-0.05, 0) is 37.5 Å². The van der Waals surface area contributed by atoms with Crippen molar-refractivity contribution in [2.24, 2.45) is 11.5 Å². The van der Waals surface area contributed by atoms with E-state index in [0.717, 1.165) is 24.1 Å². The molecule has 0 atom stereocenters. The predicted octanol–water partition coefficient (Wildman–Crippen LogP) is 0.996. The zero-order chi connectivity index (χ0) is 11.7. The van der Waals surface area contributed by atoms with Crippen LogP contribution in [0.25, 0.3) is 0 Å². The van der Waals surface area contributed by atoms with Crippen molar-refractivity contribution in [3.8, 4) is 0 Å². The van der Waals surface area contributed by atoms with Crippen molar-refractivity contribution in [2.45, 2.75) is 31.8 Å². The molecule has 0 bridgehead atoms. The minimum Gasteiger partial charge on any atom is -0.382 e. The van der Waals surface area contributed by atoms with Crippen molar-refractivity contribution in [1.82, 2.24) is 0 Å². The van der Waals surface area contributed by atoms with Gasteiger partial charge in [0.25, 0.3) is 5.91 Å². The number of nitrogens with one attached hydrogen (secondary N) is 1. The Hall–Kier alpha value is -1.55. The number of hydrogen-bond acceptors (Lipinski definition) is 3. The molecule has 1 aliphatic rings. The first-order chi connectivity index (χ1) is 7.56. The summed E-state index contributed by atoms with van der Waals surface area (Å²) in [6.07, 6.45) is 1.90. The summed E-state index contributed by atoms with van der Waals surface area (Å²) >= 11 is 0. The summed E-state index contributed by atoms with van der Waals surface area (Å²) in [6, 6.07) is 6.26. The number of carbonyl (C=O) groups excluding carboxylic acids is 1. The Kier molecular flexibility index (Phi) is 2.83. The molecular weight excluding hydrogens is 202 g/mol. The molecule has 1 saturated carbocycles. The van der Waals surface area contributed by atoms with Crippen LogP contribution in [0, 0.1) is 6.92 Å². The van der Waals surface area contributed by atoms with Gasteiger partial charge in [-0.15, -0.1) is 0 Å². The lowest BCUT2D eigenvalue weighted by molar-refractivity contribution is 0.100. The average molecular weight is 219 g/mol. The Bertz CT molecular complexity index is 411. The van der Waals surface area contributed by atoms with E-state index in [2.05, 4.69) is 5.32 Å². The van der Waals surface area contributed by atoms with E-state index >= 15 is 0 Å².